The van der Waals surface area contributed by atoms with E-state index in [0.717, 1.165) is 48.6 Å². The summed E-state index contributed by atoms with van der Waals surface area (Å²) in [6.45, 7) is 0.954. The first-order valence-electron chi connectivity index (χ1n) is 9.04. The SMILES string of the molecule is Nc1cc(OC(F)(F)F)c(-c2ccc(-c3cnc([C@@H]4CCCN4)[nH]3)cc2)cc1F. The minimum absolute atomic E-state index is 0.0407. The molecular formula is C20H18F4N4O. The number of nitrogens with one attached hydrogen (secondary N) is 2. The lowest BCUT2D eigenvalue weighted by molar-refractivity contribution is -0.274. The highest BCUT2D eigenvalue weighted by atomic mass is 19.4. The largest absolute Gasteiger partial charge is 0.573 e. The van der Waals surface area contributed by atoms with Gasteiger partial charge >= 0.3 is 6.36 Å². The van der Waals surface area contributed by atoms with Gasteiger partial charge in [-0.1, -0.05) is 24.3 Å². The van der Waals surface area contributed by atoms with Crippen LogP contribution in [-0.4, -0.2) is 22.9 Å². The van der Waals surface area contributed by atoms with E-state index in [1.807, 2.05) is 0 Å². The first-order valence-corrected chi connectivity index (χ1v) is 9.04. The Morgan fingerprint density at radius 1 is 1.10 bits per heavy atom. The Hall–Kier alpha value is -3.07. The molecule has 4 rings (SSSR count). The maximum atomic E-state index is 13.9. The summed E-state index contributed by atoms with van der Waals surface area (Å²) < 4.78 is 56.1. The molecule has 1 atom stereocenters. The summed E-state index contributed by atoms with van der Waals surface area (Å²) in [5.74, 6) is -0.524. The van der Waals surface area contributed by atoms with E-state index in [0.29, 0.717) is 5.56 Å². The van der Waals surface area contributed by atoms with Gasteiger partial charge in [-0.2, -0.15) is 0 Å². The van der Waals surface area contributed by atoms with E-state index in [4.69, 9.17) is 5.73 Å². The molecule has 29 heavy (non-hydrogen) atoms. The molecule has 0 aliphatic carbocycles. The lowest BCUT2D eigenvalue weighted by atomic mass is 10.0. The average molecular weight is 406 g/mol. The maximum absolute atomic E-state index is 13.9. The highest BCUT2D eigenvalue weighted by Gasteiger charge is 2.32. The molecule has 1 aliphatic heterocycles. The van der Waals surface area contributed by atoms with Crippen LogP contribution in [0.25, 0.3) is 22.4 Å². The fourth-order valence-electron chi connectivity index (χ4n) is 3.41. The highest BCUT2D eigenvalue weighted by Crippen LogP contribution is 2.37. The summed E-state index contributed by atoms with van der Waals surface area (Å²) in [5.41, 5.74) is 6.90. The van der Waals surface area contributed by atoms with Crippen molar-refractivity contribution in [3.05, 3.63) is 54.2 Å². The van der Waals surface area contributed by atoms with Gasteiger partial charge in [0.2, 0.25) is 0 Å². The van der Waals surface area contributed by atoms with Gasteiger partial charge in [0.25, 0.3) is 0 Å². The average Bonchev–Trinajstić information content (AvgIpc) is 3.35. The lowest BCUT2D eigenvalue weighted by Crippen LogP contribution is -2.18. The second-order valence-corrected chi connectivity index (χ2v) is 6.83. The number of hydrogen-bond acceptors (Lipinski definition) is 4. The molecule has 0 radical (unpaired) electrons. The standard InChI is InChI=1S/C20H18F4N4O/c21-14-8-13(18(9-15(14)25)29-20(22,23)24)11-3-5-12(6-4-11)17-10-27-19(28-17)16-2-1-7-26-16/h3-6,8-10,16,26H,1-2,7,25H2,(H,27,28)/t16-/m0/s1. The summed E-state index contributed by atoms with van der Waals surface area (Å²) in [5, 5.41) is 3.36. The first kappa shape index (κ1) is 19.3. The van der Waals surface area contributed by atoms with Crippen LogP contribution in [0.4, 0.5) is 23.2 Å². The molecule has 3 aromatic rings. The van der Waals surface area contributed by atoms with Gasteiger partial charge in [0.05, 0.1) is 23.6 Å². The van der Waals surface area contributed by atoms with Crippen molar-refractivity contribution in [3.8, 4) is 28.1 Å². The van der Waals surface area contributed by atoms with E-state index < -0.39 is 23.6 Å². The van der Waals surface area contributed by atoms with Gasteiger partial charge in [0.15, 0.2) is 0 Å². The molecule has 2 heterocycles. The van der Waals surface area contributed by atoms with E-state index >= 15 is 0 Å². The van der Waals surface area contributed by atoms with E-state index in [2.05, 4.69) is 20.0 Å². The second kappa shape index (κ2) is 7.40. The van der Waals surface area contributed by atoms with E-state index in [1.165, 1.54) is 0 Å². The van der Waals surface area contributed by atoms with Crippen LogP contribution in [0.15, 0.2) is 42.6 Å². The molecule has 0 amide bonds. The Kier molecular flexibility index (Phi) is 4.91. The molecular weight excluding hydrogens is 388 g/mol. The highest BCUT2D eigenvalue weighted by molar-refractivity contribution is 5.75. The van der Waals surface area contributed by atoms with Gasteiger partial charge in [-0.15, -0.1) is 13.2 Å². The molecule has 1 saturated heterocycles. The zero-order valence-corrected chi connectivity index (χ0v) is 15.2. The minimum atomic E-state index is -4.92. The molecule has 0 spiro atoms. The van der Waals surface area contributed by atoms with Crippen LogP contribution in [0.3, 0.4) is 0 Å². The Morgan fingerprint density at radius 2 is 1.83 bits per heavy atom. The van der Waals surface area contributed by atoms with Gasteiger partial charge in [-0.25, -0.2) is 9.37 Å². The predicted octanol–water partition coefficient (Wildman–Crippen LogP) is 4.79. The molecule has 0 unspecified atom stereocenters. The molecule has 9 heteroatoms. The van der Waals surface area contributed by atoms with Crippen LogP contribution in [0.5, 0.6) is 5.75 Å². The van der Waals surface area contributed by atoms with Crippen molar-refractivity contribution < 1.29 is 22.3 Å². The van der Waals surface area contributed by atoms with Crippen LogP contribution in [0.1, 0.15) is 24.7 Å². The maximum Gasteiger partial charge on any atom is 0.573 e. The van der Waals surface area contributed by atoms with E-state index in [-0.39, 0.29) is 11.6 Å². The zero-order valence-electron chi connectivity index (χ0n) is 15.2. The van der Waals surface area contributed by atoms with E-state index in [1.54, 1.807) is 30.5 Å². The van der Waals surface area contributed by atoms with Crippen molar-refractivity contribution in [2.24, 2.45) is 0 Å². The number of hydrogen-bond donors (Lipinski definition) is 3. The Labute approximate surface area is 163 Å². The molecule has 1 aliphatic rings. The van der Waals surface area contributed by atoms with Crippen molar-refractivity contribution >= 4 is 5.69 Å². The monoisotopic (exact) mass is 406 g/mol. The van der Waals surface area contributed by atoms with Crippen LogP contribution < -0.4 is 15.8 Å². The normalized spacial score (nSPS) is 16.9. The van der Waals surface area contributed by atoms with Gasteiger partial charge < -0.3 is 20.8 Å². The number of halogens is 4. The number of imidazole rings is 1. The number of benzene rings is 2. The lowest BCUT2D eigenvalue weighted by Gasteiger charge is -2.15. The number of nitrogen functional groups attached to an aromatic ring is 1. The van der Waals surface area contributed by atoms with Crippen LogP contribution in [0, 0.1) is 5.82 Å². The van der Waals surface area contributed by atoms with Crippen molar-refractivity contribution in [1.82, 2.24) is 15.3 Å². The number of aromatic nitrogens is 2. The third kappa shape index (κ3) is 4.19. The summed E-state index contributed by atoms with van der Waals surface area (Å²) in [6, 6.07) is 8.60. The van der Waals surface area contributed by atoms with Crippen LogP contribution >= 0.6 is 0 Å². The quantitative estimate of drug-likeness (QED) is 0.430. The van der Waals surface area contributed by atoms with Gasteiger partial charge in [-0.05, 0) is 36.6 Å². The third-order valence-electron chi connectivity index (χ3n) is 4.82. The predicted molar refractivity (Wildman–Crippen MR) is 100 cm³/mol. The summed E-state index contributed by atoms with van der Waals surface area (Å²) >= 11 is 0. The molecule has 1 fully saturated rings. The second-order valence-electron chi connectivity index (χ2n) is 6.83. The number of alkyl halides is 3. The zero-order chi connectivity index (χ0) is 20.6. The number of H-pyrrole nitrogens is 1. The number of nitrogens with zero attached hydrogens (tertiary/aromatic N) is 1. The number of ether oxygens (including phenoxy) is 1. The first-order chi connectivity index (χ1) is 13.8. The Bertz CT molecular complexity index is 1010. The van der Waals surface area contributed by atoms with Gasteiger partial charge in [0.1, 0.15) is 17.4 Å². The number of aromatic amines is 1. The van der Waals surface area contributed by atoms with Crippen LogP contribution in [-0.2, 0) is 0 Å². The molecule has 0 saturated carbocycles. The van der Waals surface area contributed by atoms with Gasteiger partial charge in [-0.3, -0.25) is 0 Å². The number of nitrogens with two attached hydrogens (primary N) is 1. The van der Waals surface area contributed by atoms with E-state index in [9.17, 15) is 17.6 Å². The number of anilines is 1. The Balaban J connectivity index is 1.63. The molecule has 0 bridgehead atoms. The molecule has 1 aromatic heterocycles. The fraction of sp³-hybridized carbons (Fsp3) is 0.250. The molecule has 5 nitrogen and oxygen atoms in total. The summed E-state index contributed by atoms with van der Waals surface area (Å²) in [7, 11) is 0. The molecule has 152 valence electrons. The van der Waals surface area contributed by atoms with Crippen molar-refractivity contribution in [2.45, 2.75) is 25.2 Å². The third-order valence-corrected chi connectivity index (χ3v) is 4.82. The van der Waals surface area contributed by atoms with Crippen molar-refractivity contribution in [3.63, 3.8) is 0 Å². The van der Waals surface area contributed by atoms with Crippen molar-refractivity contribution in [1.29, 1.82) is 0 Å². The fourth-order valence-corrected chi connectivity index (χ4v) is 3.41. The topological polar surface area (TPSA) is 76.0 Å². The molecule has 4 N–H and O–H groups in total. The van der Waals surface area contributed by atoms with Gasteiger partial charge in [0, 0.05) is 11.6 Å². The summed E-state index contributed by atoms with van der Waals surface area (Å²) in [4.78, 5) is 7.67. The van der Waals surface area contributed by atoms with Crippen LogP contribution in [0.2, 0.25) is 0 Å². The molecule has 2 aromatic carbocycles. The smallest absolute Gasteiger partial charge is 0.405 e. The Morgan fingerprint density at radius 3 is 2.48 bits per heavy atom. The van der Waals surface area contributed by atoms with Crippen molar-refractivity contribution in [2.75, 3.05) is 12.3 Å². The number of rotatable bonds is 4. The summed E-state index contributed by atoms with van der Waals surface area (Å²) in [6.07, 6.45) is -1.10. The minimum Gasteiger partial charge on any atom is -0.405 e.